The molecule has 0 saturated carbocycles. The summed E-state index contributed by atoms with van der Waals surface area (Å²) < 4.78 is 11.3. The fourth-order valence-electron chi connectivity index (χ4n) is 2.38. The first-order valence-electron chi connectivity index (χ1n) is 7.65. The Balaban J connectivity index is 1.68. The molecular formula is C16H28N2O2. The average Bonchev–Trinajstić information content (AvgIpc) is 3.03. The van der Waals surface area contributed by atoms with Crippen molar-refractivity contribution < 1.29 is 9.15 Å². The Morgan fingerprint density at radius 3 is 2.75 bits per heavy atom. The zero-order valence-corrected chi connectivity index (χ0v) is 13.1. The van der Waals surface area contributed by atoms with E-state index >= 15 is 0 Å². The molecule has 4 heteroatoms. The van der Waals surface area contributed by atoms with Gasteiger partial charge in [-0.3, -0.25) is 0 Å². The first-order valence-corrected chi connectivity index (χ1v) is 7.65. The van der Waals surface area contributed by atoms with Gasteiger partial charge in [0, 0.05) is 17.6 Å². The topological polar surface area (TPSA) is 37.6 Å². The Labute approximate surface area is 122 Å². The van der Waals surface area contributed by atoms with Crippen molar-refractivity contribution in [1.29, 1.82) is 0 Å². The number of nitrogens with one attached hydrogen (secondary N) is 1. The quantitative estimate of drug-likeness (QED) is 0.779. The smallest absolute Gasteiger partial charge is 0.123 e. The van der Waals surface area contributed by atoms with Crippen molar-refractivity contribution in [3.8, 4) is 0 Å². The summed E-state index contributed by atoms with van der Waals surface area (Å²) in [5, 5.41) is 3.44. The Morgan fingerprint density at radius 2 is 2.05 bits per heavy atom. The minimum absolute atomic E-state index is 0.0979. The molecule has 0 atom stereocenters. The van der Waals surface area contributed by atoms with Crippen LogP contribution >= 0.6 is 0 Å². The van der Waals surface area contributed by atoms with Crippen molar-refractivity contribution in [1.82, 2.24) is 10.2 Å². The van der Waals surface area contributed by atoms with Gasteiger partial charge in [-0.05, 0) is 52.8 Å². The number of hydrogen-bond acceptors (Lipinski definition) is 4. The van der Waals surface area contributed by atoms with Gasteiger partial charge in [-0.2, -0.15) is 0 Å². The Bertz CT molecular complexity index is 389. The molecule has 0 bridgehead atoms. The predicted molar refractivity (Wildman–Crippen MR) is 80.6 cm³/mol. The van der Waals surface area contributed by atoms with Gasteiger partial charge in [0.2, 0.25) is 0 Å². The molecule has 1 saturated heterocycles. The highest BCUT2D eigenvalue weighted by molar-refractivity contribution is 5.16. The number of furan rings is 1. The van der Waals surface area contributed by atoms with Crippen LogP contribution in [0.4, 0.5) is 0 Å². The Morgan fingerprint density at radius 1 is 1.30 bits per heavy atom. The molecule has 0 spiro atoms. The van der Waals surface area contributed by atoms with Gasteiger partial charge in [0.25, 0.3) is 0 Å². The molecule has 0 aromatic carbocycles. The number of nitrogens with zero attached hydrogens (tertiary/aromatic N) is 1. The highest BCUT2D eigenvalue weighted by Gasteiger charge is 2.13. The fourth-order valence-corrected chi connectivity index (χ4v) is 2.38. The molecule has 0 radical (unpaired) electrons. The van der Waals surface area contributed by atoms with Crippen molar-refractivity contribution in [3.63, 3.8) is 0 Å². The lowest BCUT2D eigenvalue weighted by Gasteiger charge is -2.20. The van der Waals surface area contributed by atoms with Crippen LogP contribution < -0.4 is 5.32 Å². The molecule has 4 nitrogen and oxygen atoms in total. The predicted octanol–water partition coefficient (Wildman–Crippen LogP) is 2.78. The molecule has 0 unspecified atom stereocenters. The van der Waals surface area contributed by atoms with Crippen molar-refractivity contribution >= 4 is 0 Å². The third-order valence-electron chi connectivity index (χ3n) is 3.63. The maximum absolute atomic E-state index is 5.78. The third kappa shape index (κ3) is 5.27. The van der Waals surface area contributed by atoms with E-state index in [9.17, 15) is 0 Å². The van der Waals surface area contributed by atoms with Crippen LogP contribution in [0.2, 0.25) is 0 Å². The van der Waals surface area contributed by atoms with Gasteiger partial charge in [-0.25, -0.2) is 0 Å². The summed E-state index contributed by atoms with van der Waals surface area (Å²) in [6.45, 7) is 12.2. The second kappa shape index (κ2) is 7.25. The van der Waals surface area contributed by atoms with E-state index in [0.29, 0.717) is 6.61 Å². The summed E-state index contributed by atoms with van der Waals surface area (Å²) in [5.74, 6) is 0.987. The molecule has 1 aliphatic rings. The van der Waals surface area contributed by atoms with Gasteiger partial charge in [-0.1, -0.05) is 0 Å². The molecule has 2 rings (SSSR count). The molecule has 114 valence electrons. The van der Waals surface area contributed by atoms with E-state index in [0.717, 1.165) is 31.0 Å². The summed E-state index contributed by atoms with van der Waals surface area (Å²) in [6, 6.07) is 2.01. The van der Waals surface area contributed by atoms with Crippen LogP contribution in [0.3, 0.4) is 0 Å². The highest BCUT2D eigenvalue weighted by Crippen LogP contribution is 2.13. The van der Waals surface area contributed by atoms with Crippen molar-refractivity contribution in [2.45, 2.75) is 52.3 Å². The highest BCUT2D eigenvalue weighted by atomic mass is 16.5. The lowest BCUT2D eigenvalue weighted by molar-refractivity contribution is 0.0981. The SMILES string of the molecule is CC(C)(C)NCc1occc1COCCN1CCCC1. The molecule has 0 aliphatic carbocycles. The molecule has 1 fully saturated rings. The minimum Gasteiger partial charge on any atom is -0.468 e. The molecule has 1 aromatic rings. The number of ether oxygens (including phenoxy) is 1. The normalized spacial score (nSPS) is 16.9. The maximum Gasteiger partial charge on any atom is 0.123 e. The first-order chi connectivity index (χ1) is 9.54. The summed E-state index contributed by atoms with van der Waals surface area (Å²) >= 11 is 0. The van der Waals surface area contributed by atoms with E-state index in [-0.39, 0.29) is 5.54 Å². The summed E-state index contributed by atoms with van der Waals surface area (Å²) in [7, 11) is 0. The lowest BCUT2D eigenvalue weighted by Crippen LogP contribution is -2.35. The van der Waals surface area contributed by atoms with Crippen molar-refractivity contribution in [2.75, 3.05) is 26.2 Å². The molecular weight excluding hydrogens is 252 g/mol. The van der Waals surface area contributed by atoms with E-state index in [1.165, 1.54) is 25.9 Å². The van der Waals surface area contributed by atoms with Crippen LogP contribution in [0, 0.1) is 0 Å². The standard InChI is InChI=1S/C16H28N2O2/c1-16(2,3)17-12-15-14(6-10-20-15)13-19-11-9-18-7-4-5-8-18/h6,10,17H,4-5,7-9,11-13H2,1-3H3. The van der Waals surface area contributed by atoms with E-state index in [1.807, 2.05) is 6.07 Å². The first kappa shape index (κ1) is 15.5. The van der Waals surface area contributed by atoms with Crippen LogP contribution in [0.1, 0.15) is 44.9 Å². The lowest BCUT2D eigenvalue weighted by atomic mass is 10.1. The fraction of sp³-hybridized carbons (Fsp3) is 0.750. The second-order valence-corrected chi connectivity index (χ2v) is 6.57. The van der Waals surface area contributed by atoms with Crippen LogP contribution in [0.15, 0.2) is 16.7 Å². The summed E-state index contributed by atoms with van der Waals surface area (Å²) in [4.78, 5) is 2.47. The summed E-state index contributed by atoms with van der Waals surface area (Å²) in [6.07, 6.45) is 4.42. The van der Waals surface area contributed by atoms with Gasteiger partial charge in [0.1, 0.15) is 5.76 Å². The number of hydrogen-bond donors (Lipinski definition) is 1. The van der Waals surface area contributed by atoms with Crippen LogP contribution in [0.25, 0.3) is 0 Å². The van der Waals surface area contributed by atoms with E-state index in [1.54, 1.807) is 6.26 Å². The number of rotatable bonds is 7. The zero-order valence-electron chi connectivity index (χ0n) is 13.1. The average molecular weight is 280 g/mol. The van der Waals surface area contributed by atoms with Gasteiger partial charge < -0.3 is 19.4 Å². The molecule has 1 aromatic heterocycles. The molecule has 1 aliphatic heterocycles. The van der Waals surface area contributed by atoms with Gasteiger partial charge in [0.15, 0.2) is 0 Å². The van der Waals surface area contributed by atoms with Crippen molar-refractivity contribution in [3.05, 3.63) is 23.7 Å². The van der Waals surface area contributed by atoms with Gasteiger partial charge in [-0.15, -0.1) is 0 Å². The van der Waals surface area contributed by atoms with Crippen molar-refractivity contribution in [2.24, 2.45) is 0 Å². The van der Waals surface area contributed by atoms with Crippen LogP contribution in [0.5, 0.6) is 0 Å². The monoisotopic (exact) mass is 280 g/mol. The van der Waals surface area contributed by atoms with Gasteiger partial charge in [0.05, 0.1) is 26.0 Å². The van der Waals surface area contributed by atoms with Gasteiger partial charge >= 0.3 is 0 Å². The Hall–Kier alpha value is -0.840. The largest absolute Gasteiger partial charge is 0.468 e. The number of likely N-dealkylation sites (tertiary alicyclic amines) is 1. The second-order valence-electron chi connectivity index (χ2n) is 6.57. The molecule has 20 heavy (non-hydrogen) atoms. The minimum atomic E-state index is 0.0979. The maximum atomic E-state index is 5.78. The van der Waals surface area contributed by atoms with E-state index in [2.05, 4.69) is 31.0 Å². The Kier molecular flexibility index (Phi) is 5.64. The van der Waals surface area contributed by atoms with Crippen LogP contribution in [-0.4, -0.2) is 36.7 Å². The van der Waals surface area contributed by atoms with E-state index < -0.39 is 0 Å². The molecule has 1 N–H and O–H groups in total. The summed E-state index contributed by atoms with van der Waals surface area (Å²) in [5.41, 5.74) is 1.25. The van der Waals surface area contributed by atoms with E-state index in [4.69, 9.17) is 9.15 Å². The molecule has 2 heterocycles. The third-order valence-corrected chi connectivity index (χ3v) is 3.63. The molecule has 0 amide bonds. The zero-order chi connectivity index (χ0) is 14.4. The van der Waals surface area contributed by atoms with Crippen LogP contribution in [-0.2, 0) is 17.9 Å².